The first-order valence-electron chi connectivity index (χ1n) is 1.28. The Bertz CT molecular complexity index is 161. The molecule has 0 atom stereocenters. The molecule has 0 spiro atoms. The Hall–Kier alpha value is 0.906. The van der Waals surface area contributed by atoms with Crippen LogP contribution < -0.4 is 10.2 Å². The normalized spacial score (nSPS) is 7.45. The van der Waals surface area contributed by atoms with Gasteiger partial charge in [-0.05, 0) is 6.16 Å². The zero-order valence-corrected chi connectivity index (χ0v) is 8.87. The Kier molecular flexibility index (Phi) is 22.5. The molecule has 0 aromatic rings. The van der Waals surface area contributed by atoms with E-state index in [0.717, 1.165) is 0 Å². The molecule has 1 radical (unpaired) electrons. The predicted octanol–water partition coefficient (Wildman–Crippen LogP) is -4.17. The molecule has 0 N–H and O–H groups in total. The van der Waals surface area contributed by atoms with Crippen molar-refractivity contribution in [3.63, 3.8) is 0 Å². The van der Waals surface area contributed by atoms with Gasteiger partial charge in [0.05, 0.1) is 0 Å². The van der Waals surface area contributed by atoms with Gasteiger partial charge in [0.1, 0.15) is 0 Å². The standard InChI is InChI=1S/CH2O3.Ca.Co.H2O4S/c2-1(3)4;;;1-5(2,3)4/h(H2,2,3,4);;;(H2,1,2,3,4)/q;2*+2;/p-4. The summed E-state index contributed by atoms with van der Waals surface area (Å²) in [6, 6.07) is 0. The zero-order valence-electron chi connectivity index (χ0n) is 4.81. The molecule has 0 aromatic carbocycles. The molecule has 0 aliphatic rings. The first-order valence-corrected chi connectivity index (χ1v) is 2.61. The topological polar surface area (TPSA) is 143 Å². The third kappa shape index (κ3) is 1050. The maximum atomic E-state index is 8.52. The van der Waals surface area contributed by atoms with E-state index in [1.54, 1.807) is 0 Å². The van der Waals surface area contributed by atoms with E-state index < -0.39 is 16.6 Å². The van der Waals surface area contributed by atoms with Gasteiger partial charge >= 0.3 is 54.5 Å². The fourth-order valence-electron chi connectivity index (χ4n) is 0. The number of carbonyl (C=O) groups excluding carboxylic acids is 1. The summed E-state index contributed by atoms with van der Waals surface area (Å²) in [5.74, 6) is 0. The molecular weight excluding hydrogens is 255 g/mol. The van der Waals surface area contributed by atoms with Gasteiger partial charge in [-0.1, -0.05) is 0 Å². The Balaban J connectivity index is -0.0000000383. The number of carboxylic acid groups (broad SMARTS) is 2. The molecule has 0 amide bonds. The average Bonchev–Trinajstić information content (AvgIpc) is 1.19. The van der Waals surface area contributed by atoms with Crippen LogP contribution in [-0.4, -0.2) is 61.4 Å². The van der Waals surface area contributed by atoms with Crippen molar-refractivity contribution in [3.8, 4) is 0 Å². The first kappa shape index (κ1) is 22.7. The maximum Gasteiger partial charge on any atom is 2.00 e. The van der Waals surface area contributed by atoms with E-state index in [9.17, 15) is 0 Å². The monoisotopic (exact) mass is 255 g/mol. The molecule has 63 valence electrons. The second-order valence-electron chi connectivity index (χ2n) is 0.658. The largest absolute Gasteiger partial charge is 2.00 e. The third-order valence-electron chi connectivity index (χ3n) is 0. The van der Waals surface area contributed by atoms with Crippen molar-refractivity contribution in [2.24, 2.45) is 0 Å². The van der Waals surface area contributed by atoms with Crippen molar-refractivity contribution in [1.29, 1.82) is 0 Å². The predicted molar refractivity (Wildman–Crippen MR) is 21.6 cm³/mol. The van der Waals surface area contributed by atoms with Gasteiger partial charge in [0.25, 0.3) is 0 Å². The second-order valence-corrected chi connectivity index (χ2v) is 1.47. The molecule has 0 bridgehead atoms. The summed E-state index contributed by atoms with van der Waals surface area (Å²) in [7, 11) is -5.17. The molecule has 10 heteroatoms. The van der Waals surface area contributed by atoms with Crippen molar-refractivity contribution in [2.75, 3.05) is 0 Å². The quantitative estimate of drug-likeness (QED) is 0.242. The number of hydrogen-bond donors (Lipinski definition) is 0. The molecule has 0 saturated heterocycles. The summed E-state index contributed by atoms with van der Waals surface area (Å²) in [6.45, 7) is 0. The summed E-state index contributed by atoms with van der Waals surface area (Å²) in [4.78, 5) is 8.33. The SMILES string of the molecule is O=C([O-])[O-].O=S(=O)([O-])[O-].[Ca+2].[Co+2]. The van der Waals surface area contributed by atoms with E-state index in [-0.39, 0.29) is 54.5 Å². The van der Waals surface area contributed by atoms with Crippen molar-refractivity contribution in [3.05, 3.63) is 0 Å². The van der Waals surface area contributed by atoms with E-state index in [0.29, 0.717) is 0 Å². The average molecular weight is 255 g/mol. The molecule has 7 nitrogen and oxygen atoms in total. The van der Waals surface area contributed by atoms with Crippen molar-refractivity contribution in [2.45, 2.75) is 0 Å². The zero-order chi connectivity index (χ0) is 8.08. The van der Waals surface area contributed by atoms with Crippen LogP contribution in [0.15, 0.2) is 0 Å². The third-order valence-corrected chi connectivity index (χ3v) is 0. The van der Waals surface area contributed by atoms with Crippen LogP contribution in [0, 0.1) is 0 Å². The molecule has 0 saturated carbocycles. The van der Waals surface area contributed by atoms with Gasteiger partial charge in [-0.25, -0.2) is 0 Å². The van der Waals surface area contributed by atoms with Gasteiger partial charge in [-0.15, -0.1) is 0 Å². The number of carbonyl (C=O) groups is 1. The van der Waals surface area contributed by atoms with E-state index >= 15 is 0 Å². The Morgan fingerprint density at radius 2 is 1.09 bits per heavy atom. The molecule has 0 unspecified atom stereocenters. The molecule has 0 heterocycles. The van der Waals surface area contributed by atoms with Gasteiger partial charge < -0.3 is 24.1 Å². The van der Waals surface area contributed by atoms with Crippen molar-refractivity contribution in [1.82, 2.24) is 0 Å². The van der Waals surface area contributed by atoms with E-state index in [1.807, 2.05) is 0 Å². The van der Waals surface area contributed by atoms with Crippen LogP contribution in [0.3, 0.4) is 0 Å². The minimum atomic E-state index is -5.17. The Morgan fingerprint density at radius 1 is 1.09 bits per heavy atom. The van der Waals surface area contributed by atoms with Gasteiger partial charge in [0.2, 0.25) is 0 Å². The van der Waals surface area contributed by atoms with E-state index in [4.69, 9.17) is 32.5 Å². The molecule has 11 heavy (non-hydrogen) atoms. The van der Waals surface area contributed by atoms with Gasteiger partial charge in [0, 0.05) is 10.4 Å². The number of hydrogen-bond acceptors (Lipinski definition) is 7. The van der Waals surface area contributed by atoms with Gasteiger partial charge in [0.15, 0.2) is 0 Å². The maximum absolute atomic E-state index is 8.52. The summed E-state index contributed by atoms with van der Waals surface area (Å²) >= 11 is 0. The van der Waals surface area contributed by atoms with Crippen LogP contribution in [0.1, 0.15) is 0 Å². The van der Waals surface area contributed by atoms with Crippen LogP contribution in [0.25, 0.3) is 0 Å². The Morgan fingerprint density at radius 3 is 1.09 bits per heavy atom. The summed E-state index contributed by atoms with van der Waals surface area (Å²) in [5, 5.41) is 16.7. The number of rotatable bonds is 0. The van der Waals surface area contributed by atoms with Crippen molar-refractivity contribution >= 4 is 54.3 Å². The minimum absolute atomic E-state index is 0. The fraction of sp³-hybridized carbons (Fsp3) is 0. The summed E-state index contributed by atoms with van der Waals surface area (Å²) in [5.41, 5.74) is 0. The summed E-state index contributed by atoms with van der Waals surface area (Å²) in [6.07, 6.45) is -2.33. The molecule has 0 fully saturated rings. The van der Waals surface area contributed by atoms with Crippen LogP contribution >= 0.6 is 0 Å². The van der Waals surface area contributed by atoms with Crippen LogP contribution in [-0.2, 0) is 27.2 Å². The molecule has 0 aliphatic carbocycles. The van der Waals surface area contributed by atoms with Crippen LogP contribution in [0.2, 0.25) is 0 Å². The van der Waals surface area contributed by atoms with Crippen LogP contribution in [0.5, 0.6) is 0 Å². The molecular formula is CCaCoO7S. The van der Waals surface area contributed by atoms with Gasteiger partial charge in [-0.2, -0.15) is 0 Å². The molecule has 0 aliphatic heterocycles. The Labute approximate surface area is 103 Å². The first-order chi connectivity index (χ1) is 3.73. The summed E-state index contributed by atoms with van der Waals surface area (Å²) < 4.78 is 34.1. The second kappa shape index (κ2) is 10.9. The molecule has 0 rings (SSSR count). The van der Waals surface area contributed by atoms with E-state index in [1.165, 1.54) is 0 Å². The molecule has 0 aromatic heterocycles. The minimum Gasteiger partial charge on any atom is -0.759 e. The fourth-order valence-corrected chi connectivity index (χ4v) is 0. The van der Waals surface area contributed by atoms with Crippen molar-refractivity contribution < 1.29 is 49.3 Å². The van der Waals surface area contributed by atoms with Gasteiger partial charge in [-0.3, -0.25) is 8.42 Å². The van der Waals surface area contributed by atoms with Crippen LogP contribution in [0.4, 0.5) is 4.79 Å². The van der Waals surface area contributed by atoms with E-state index in [2.05, 4.69) is 0 Å². The smallest absolute Gasteiger partial charge is 0.759 e.